The van der Waals surface area contributed by atoms with Crippen molar-refractivity contribution in [2.45, 2.75) is 45.6 Å². The van der Waals surface area contributed by atoms with Crippen molar-refractivity contribution in [3.05, 3.63) is 0 Å². The molecular formula is C12H22BrNO3. The van der Waals surface area contributed by atoms with Crippen LogP contribution >= 0.6 is 15.9 Å². The summed E-state index contributed by atoms with van der Waals surface area (Å²) in [6.07, 6.45) is 2.85. The average Bonchev–Trinajstić information content (AvgIpc) is 2.27. The third-order valence-corrected chi connectivity index (χ3v) is 2.88. The standard InChI is InChI=1S/C12H22BrNO3/c1-9(2)8-10(12(16)17-3)14-11(15)6-4-5-7-13/h9-10H,4-8H2,1-3H3,(H,14,15)/t10-/m0/s1. The molecule has 0 rings (SSSR count). The third kappa shape index (κ3) is 8.18. The predicted molar refractivity (Wildman–Crippen MR) is 71.0 cm³/mol. The van der Waals surface area contributed by atoms with Crippen LogP contribution in [0.4, 0.5) is 0 Å². The van der Waals surface area contributed by atoms with E-state index < -0.39 is 6.04 Å². The van der Waals surface area contributed by atoms with Gasteiger partial charge in [-0.25, -0.2) is 4.79 Å². The molecule has 0 aliphatic rings. The molecule has 0 unspecified atom stereocenters. The lowest BCUT2D eigenvalue weighted by atomic mass is 10.0. The molecule has 0 heterocycles. The summed E-state index contributed by atoms with van der Waals surface area (Å²) in [6, 6.07) is -0.517. The zero-order chi connectivity index (χ0) is 13.3. The second-order valence-corrected chi connectivity index (χ2v) is 5.21. The molecule has 0 radical (unpaired) electrons. The van der Waals surface area contributed by atoms with Gasteiger partial charge in [-0.3, -0.25) is 4.79 Å². The Balaban J connectivity index is 4.13. The van der Waals surface area contributed by atoms with Crippen LogP contribution in [0.25, 0.3) is 0 Å². The van der Waals surface area contributed by atoms with Gasteiger partial charge < -0.3 is 10.1 Å². The minimum atomic E-state index is -0.517. The number of alkyl halides is 1. The summed E-state index contributed by atoms with van der Waals surface area (Å²) in [5, 5.41) is 3.62. The molecule has 0 aromatic carbocycles. The highest BCUT2D eigenvalue weighted by molar-refractivity contribution is 9.09. The van der Waals surface area contributed by atoms with Crippen LogP contribution < -0.4 is 5.32 Å². The lowest BCUT2D eigenvalue weighted by molar-refractivity contribution is -0.145. The van der Waals surface area contributed by atoms with Gasteiger partial charge in [0.2, 0.25) is 5.91 Å². The van der Waals surface area contributed by atoms with Gasteiger partial charge in [0.25, 0.3) is 0 Å². The Morgan fingerprint density at radius 2 is 1.94 bits per heavy atom. The van der Waals surface area contributed by atoms with E-state index in [4.69, 9.17) is 0 Å². The molecule has 1 N–H and O–H groups in total. The Morgan fingerprint density at radius 1 is 1.29 bits per heavy atom. The van der Waals surface area contributed by atoms with Gasteiger partial charge in [0.15, 0.2) is 0 Å². The van der Waals surface area contributed by atoms with Crippen molar-refractivity contribution in [1.29, 1.82) is 0 Å². The number of hydrogen-bond acceptors (Lipinski definition) is 3. The number of halogens is 1. The van der Waals surface area contributed by atoms with Crippen LogP contribution in [0.1, 0.15) is 39.5 Å². The van der Waals surface area contributed by atoms with Crippen LogP contribution in [-0.2, 0) is 14.3 Å². The number of nitrogens with one attached hydrogen (secondary N) is 1. The zero-order valence-corrected chi connectivity index (χ0v) is 12.4. The average molecular weight is 308 g/mol. The van der Waals surface area contributed by atoms with Gasteiger partial charge in [-0.2, -0.15) is 0 Å². The maximum atomic E-state index is 11.6. The molecular weight excluding hydrogens is 286 g/mol. The normalized spacial score (nSPS) is 12.3. The number of hydrogen-bond donors (Lipinski definition) is 1. The number of amides is 1. The van der Waals surface area contributed by atoms with E-state index in [0.717, 1.165) is 18.2 Å². The Morgan fingerprint density at radius 3 is 2.41 bits per heavy atom. The molecule has 0 aliphatic heterocycles. The van der Waals surface area contributed by atoms with E-state index in [9.17, 15) is 9.59 Å². The predicted octanol–water partition coefficient (Wildman–Crippen LogP) is 2.26. The lowest BCUT2D eigenvalue weighted by Crippen LogP contribution is -2.42. The second kappa shape index (κ2) is 9.45. The maximum Gasteiger partial charge on any atom is 0.328 e. The maximum absolute atomic E-state index is 11.6. The number of methoxy groups -OCH3 is 1. The molecule has 1 atom stereocenters. The van der Waals surface area contributed by atoms with Crippen LogP contribution in [-0.4, -0.2) is 30.4 Å². The SMILES string of the molecule is COC(=O)[C@H](CC(C)C)NC(=O)CCCCBr. The molecule has 0 bridgehead atoms. The second-order valence-electron chi connectivity index (χ2n) is 4.42. The highest BCUT2D eigenvalue weighted by Crippen LogP contribution is 2.07. The lowest BCUT2D eigenvalue weighted by Gasteiger charge is -2.18. The minimum absolute atomic E-state index is 0.0815. The van der Waals surface area contributed by atoms with E-state index >= 15 is 0 Å². The largest absolute Gasteiger partial charge is 0.467 e. The Kier molecular flexibility index (Phi) is 9.13. The molecule has 100 valence electrons. The van der Waals surface area contributed by atoms with Crippen LogP contribution in [0, 0.1) is 5.92 Å². The summed E-state index contributed by atoms with van der Waals surface area (Å²) < 4.78 is 4.68. The first-order valence-corrected chi connectivity index (χ1v) is 7.06. The summed E-state index contributed by atoms with van der Waals surface area (Å²) in [7, 11) is 1.34. The fourth-order valence-electron chi connectivity index (χ4n) is 1.47. The van der Waals surface area contributed by atoms with Crippen molar-refractivity contribution in [1.82, 2.24) is 5.32 Å². The van der Waals surface area contributed by atoms with Crippen molar-refractivity contribution in [3.8, 4) is 0 Å². The minimum Gasteiger partial charge on any atom is -0.467 e. The fourth-order valence-corrected chi connectivity index (χ4v) is 1.87. The Labute approximate surface area is 112 Å². The number of ether oxygens (including phenoxy) is 1. The molecule has 1 amide bonds. The molecule has 0 aromatic rings. The first kappa shape index (κ1) is 16.4. The Bertz CT molecular complexity index is 244. The molecule has 0 aromatic heterocycles. The number of rotatable bonds is 8. The first-order valence-electron chi connectivity index (χ1n) is 5.94. The summed E-state index contributed by atoms with van der Waals surface area (Å²) in [5.74, 6) is -0.114. The van der Waals surface area contributed by atoms with Crippen molar-refractivity contribution >= 4 is 27.8 Å². The molecule has 0 fully saturated rings. The summed E-state index contributed by atoms with van der Waals surface area (Å²) in [6.45, 7) is 4.01. The van der Waals surface area contributed by atoms with E-state index in [1.165, 1.54) is 7.11 Å². The van der Waals surface area contributed by atoms with Crippen molar-refractivity contribution < 1.29 is 14.3 Å². The highest BCUT2D eigenvalue weighted by Gasteiger charge is 2.22. The van der Waals surface area contributed by atoms with Gasteiger partial charge in [0.1, 0.15) is 6.04 Å². The molecule has 5 heteroatoms. The van der Waals surface area contributed by atoms with Crippen LogP contribution in [0.15, 0.2) is 0 Å². The third-order valence-electron chi connectivity index (χ3n) is 2.32. The molecule has 17 heavy (non-hydrogen) atoms. The fraction of sp³-hybridized carbons (Fsp3) is 0.833. The van der Waals surface area contributed by atoms with Crippen molar-refractivity contribution in [2.24, 2.45) is 5.92 Å². The summed E-state index contributed by atoms with van der Waals surface area (Å²) >= 11 is 3.31. The summed E-state index contributed by atoms with van der Waals surface area (Å²) in [5.41, 5.74) is 0. The van der Waals surface area contributed by atoms with Gasteiger partial charge in [0.05, 0.1) is 7.11 Å². The van der Waals surface area contributed by atoms with E-state index in [-0.39, 0.29) is 11.9 Å². The molecule has 0 spiro atoms. The Hall–Kier alpha value is -0.580. The van der Waals surface area contributed by atoms with E-state index in [2.05, 4.69) is 26.0 Å². The van der Waals surface area contributed by atoms with Crippen LogP contribution in [0.2, 0.25) is 0 Å². The number of carbonyl (C=O) groups is 2. The van der Waals surface area contributed by atoms with Crippen LogP contribution in [0.5, 0.6) is 0 Å². The van der Waals surface area contributed by atoms with Gasteiger partial charge in [-0.15, -0.1) is 0 Å². The van der Waals surface area contributed by atoms with E-state index in [1.807, 2.05) is 13.8 Å². The first-order chi connectivity index (χ1) is 8.01. The molecule has 0 saturated carbocycles. The smallest absolute Gasteiger partial charge is 0.328 e. The number of esters is 1. The molecule has 0 saturated heterocycles. The monoisotopic (exact) mass is 307 g/mol. The molecule has 0 aliphatic carbocycles. The number of unbranched alkanes of at least 4 members (excludes halogenated alkanes) is 1. The van der Waals surface area contributed by atoms with Crippen molar-refractivity contribution in [3.63, 3.8) is 0 Å². The topological polar surface area (TPSA) is 55.4 Å². The van der Waals surface area contributed by atoms with E-state index in [1.54, 1.807) is 0 Å². The quantitative estimate of drug-likeness (QED) is 0.425. The van der Waals surface area contributed by atoms with Gasteiger partial charge >= 0.3 is 5.97 Å². The van der Waals surface area contributed by atoms with Crippen molar-refractivity contribution in [2.75, 3.05) is 12.4 Å². The zero-order valence-electron chi connectivity index (χ0n) is 10.8. The van der Waals surface area contributed by atoms with Gasteiger partial charge in [-0.1, -0.05) is 29.8 Å². The van der Waals surface area contributed by atoms with Gasteiger partial charge in [0, 0.05) is 11.8 Å². The highest BCUT2D eigenvalue weighted by atomic mass is 79.9. The van der Waals surface area contributed by atoms with Crippen LogP contribution in [0.3, 0.4) is 0 Å². The summed E-state index contributed by atoms with van der Waals surface area (Å²) in [4.78, 5) is 23.1. The van der Waals surface area contributed by atoms with Gasteiger partial charge in [-0.05, 0) is 25.2 Å². The number of carbonyl (C=O) groups excluding carboxylic acids is 2. The van der Waals surface area contributed by atoms with E-state index in [0.29, 0.717) is 18.8 Å². The molecule has 4 nitrogen and oxygen atoms in total.